The number of rotatable bonds is 5. The number of hydrogen-bond donors (Lipinski definition) is 0. The van der Waals surface area contributed by atoms with Gasteiger partial charge in [0.2, 0.25) is 17.6 Å². The van der Waals surface area contributed by atoms with E-state index in [2.05, 4.69) is 27.0 Å². The summed E-state index contributed by atoms with van der Waals surface area (Å²) in [5.74, 6) is 1.28. The Morgan fingerprint density at radius 2 is 2.17 bits per heavy atom. The average Bonchev–Trinajstić information content (AvgIpc) is 3.40. The monoisotopic (exact) mass is 359 g/mol. The number of likely N-dealkylation sites (tertiary alicyclic amines) is 1. The summed E-state index contributed by atoms with van der Waals surface area (Å²) in [6.07, 6.45) is 3.01. The molecule has 0 aliphatic carbocycles. The number of hydrogen-bond acceptors (Lipinski definition) is 6. The molecule has 0 bridgehead atoms. The summed E-state index contributed by atoms with van der Waals surface area (Å²) in [6.45, 7) is 0.837. The lowest BCUT2D eigenvalue weighted by Crippen LogP contribution is -2.30. The van der Waals surface area contributed by atoms with Crippen molar-refractivity contribution in [3.63, 3.8) is 0 Å². The molecule has 4 rings (SSSR count). The largest absolute Gasteiger partial charge is 0.339 e. The highest BCUT2D eigenvalue weighted by Crippen LogP contribution is 2.33. The van der Waals surface area contributed by atoms with Crippen molar-refractivity contribution in [3.8, 4) is 11.4 Å². The molecule has 7 heteroatoms. The van der Waals surface area contributed by atoms with Gasteiger partial charge in [-0.05, 0) is 46.7 Å². The van der Waals surface area contributed by atoms with Gasteiger partial charge in [0, 0.05) is 30.3 Å². The number of aromatic nitrogens is 2. The third-order valence-corrected chi connectivity index (χ3v) is 5.69. The van der Waals surface area contributed by atoms with Gasteiger partial charge < -0.3 is 9.42 Å². The van der Waals surface area contributed by atoms with E-state index in [9.17, 15) is 4.79 Å². The van der Waals surface area contributed by atoms with Gasteiger partial charge in [0.15, 0.2) is 0 Å². The number of carbonyl (C=O) groups is 1. The Morgan fingerprint density at radius 3 is 2.96 bits per heavy atom. The van der Waals surface area contributed by atoms with E-state index in [-0.39, 0.29) is 11.9 Å². The maximum Gasteiger partial charge on any atom is 0.227 e. The predicted molar refractivity (Wildman–Crippen MR) is 93.9 cm³/mol. The molecule has 0 radical (unpaired) electrons. The summed E-state index contributed by atoms with van der Waals surface area (Å²) in [6, 6.07) is 4.31. The number of thiophene rings is 2. The Balaban J connectivity index is 1.38. The van der Waals surface area contributed by atoms with Crippen molar-refractivity contribution in [2.75, 3.05) is 6.54 Å². The van der Waals surface area contributed by atoms with E-state index < -0.39 is 0 Å². The smallest absolute Gasteiger partial charge is 0.227 e. The van der Waals surface area contributed by atoms with Gasteiger partial charge in [-0.25, -0.2) is 0 Å². The molecule has 1 fully saturated rings. The fourth-order valence-electron chi connectivity index (χ4n) is 3.10. The van der Waals surface area contributed by atoms with E-state index in [0.717, 1.165) is 24.9 Å². The number of amides is 1. The first-order valence-corrected chi connectivity index (χ1v) is 9.86. The minimum atomic E-state index is 0.166. The van der Waals surface area contributed by atoms with Crippen molar-refractivity contribution in [2.45, 2.75) is 31.7 Å². The van der Waals surface area contributed by atoms with Crippen LogP contribution < -0.4 is 0 Å². The highest BCUT2D eigenvalue weighted by molar-refractivity contribution is 7.08. The summed E-state index contributed by atoms with van der Waals surface area (Å²) < 4.78 is 5.28. The first-order chi connectivity index (χ1) is 11.8. The molecule has 1 amide bonds. The molecule has 0 saturated carbocycles. The van der Waals surface area contributed by atoms with E-state index in [0.29, 0.717) is 24.6 Å². The highest BCUT2D eigenvalue weighted by Gasteiger charge is 2.30. The predicted octanol–water partition coefficient (Wildman–Crippen LogP) is 4.16. The number of nitrogens with zero attached hydrogens (tertiary/aromatic N) is 3. The Bertz CT molecular complexity index is 796. The standard InChI is InChI=1S/C17H17N3O2S2/c21-16(20-7-1-2-14(20)12-5-8-23-10-12)4-3-15-18-17(19-22-15)13-6-9-24-11-13/h5-6,8-11,14H,1-4,7H2. The molecule has 1 aliphatic heterocycles. The maximum absolute atomic E-state index is 12.6. The quantitative estimate of drug-likeness (QED) is 0.686. The fraction of sp³-hybridized carbons (Fsp3) is 0.353. The Kier molecular flexibility index (Phi) is 4.44. The summed E-state index contributed by atoms with van der Waals surface area (Å²) >= 11 is 3.28. The van der Waals surface area contributed by atoms with Crippen LogP contribution in [0.15, 0.2) is 38.2 Å². The lowest BCUT2D eigenvalue weighted by Gasteiger charge is -2.24. The van der Waals surface area contributed by atoms with Crippen LogP contribution in [-0.4, -0.2) is 27.5 Å². The Labute approximate surface area is 147 Å². The molecule has 0 spiro atoms. The van der Waals surface area contributed by atoms with Gasteiger partial charge in [0.1, 0.15) is 0 Å². The first kappa shape index (κ1) is 15.5. The summed E-state index contributed by atoms with van der Waals surface area (Å²) in [4.78, 5) is 19.0. The first-order valence-electron chi connectivity index (χ1n) is 7.98. The van der Waals surface area contributed by atoms with E-state index in [1.54, 1.807) is 22.7 Å². The highest BCUT2D eigenvalue weighted by atomic mass is 32.1. The van der Waals surface area contributed by atoms with Crippen molar-refractivity contribution >= 4 is 28.6 Å². The van der Waals surface area contributed by atoms with Crippen LogP contribution in [0.2, 0.25) is 0 Å². The van der Waals surface area contributed by atoms with Crippen LogP contribution in [0.25, 0.3) is 11.4 Å². The zero-order chi connectivity index (χ0) is 16.4. The molecular formula is C17H17N3O2S2. The van der Waals surface area contributed by atoms with Crippen LogP contribution in [0, 0.1) is 0 Å². The zero-order valence-electron chi connectivity index (χ0n) is 13.1. The van der Waals surface area contributed by atoms with Crippen LogP contribution >= 0.6 is 22.7 Å². The SMILES string of the molecule is O=C(CCc1nc(-c2ccsc2)no1)N1CCCC1c1ccsc1. The van der Waals surface area contributed by atoms with Crippen LogP contribution in [0.5, 0.6) is 0 Å². The number of carbonyl (C=O) groups excluding carboxylic acids is 1. The molecule has 3 aromatic rings. The Morgan fingerprint density at radius 1 is 1.29 bits per heavy atom. The lowest BCUT2D eigenvalue weighted by molar-refractivity contribution is -0.132. The van der Waals surface area contributed by atoms with Crippen LogP contribution in [0.1, 0.15) is 36.8 Å². The van der Waals surface area contributed by atoms with Gasteiger partial charge in [-0.1, -0.05) is 5.16 Å². The molecular weight excluding hydrogens is 342 g/mol. The molecule has 3 aromatic heterocycles. The second-order valence-corrected chi connectivity index (χ2v) is 7.39. The van der Waals surface area contributed by atoms with E-state index in [1.165, 1.54) is 5.56 Å². The van der Waals surface area contributed by atoms with Crippen molar-refractivity contribution in [1.29, 1.82) is 0 Å². The maximum atomic E-state index is 12.6. The molecule has 5 nitrogen and oxygen atoms in total. The second-order valence-electron chi connectivity index (χ2n) is 5.83. The van der Waals surface area contributed by atoms with Gasteiger partial charge >= 0.3 is 0 Å². The van der Waals surface area contributed by atoms with Gasteiger partial charge in [-0.15, -0.1) is 0 Å². The Hall–Kier alpha value is -1.99. The average molecular weight is 359 g/mol. The number of aryl methyl sites for hydroxylation is 1. The van der Waals surface area contributed by atoms with E-state index in [4.69, 9.17) is 4.52 Å². The topological polar surface area (TPSA) is 59.2 Å². The van der Waals surface area contributed by atoms with Crippen molar-refractivity contribution in [1.82, 2.24) is 15.0 Å². The minimum Gasteiger partial charge on any atom is -0.339 e. The summed E-state index contributed by atoms with van der Waals surface area (Å²) in [5.41, 5.74) is 2.21. The van der Waals surface area contributed by atoms with Crippen LogP contribution in [0.4, 0.5) is 0 Å². The van der Waals surface area contributed by atoms with Crippen molar-refractivity contribution in [2.24, 2.45) is 0 Å². The normalized spacial score (nSPS) is 17.5. The second kappa shape index (κ2) is 6.86. The van der Waals surface area contributed by atoms with Crippen LogP contribution in [-0.2, 0) is 11.2 Å². The van der Waals surface area contributed by atoms with Crippen LogP contribution in [0.3, 0.4) is 0 Å². The van der Waals surface area contributed by atoms with E-state index >= 15 is 0 Å². The molecule has 0 N–H and O–H groups in total. The van der Waals surface area contributed by atoms with Crippen molar-refractivity contribution in [3.05, 3.63) is 45.1 Å². The molecule has 1 unspecified atom stereocenters. The van der Waals surface area contributed by atoms with Gasteiger partial charge in [-0.3, -0.25) is 4.79 Å². The van der Waals surface area contributed by atoms with Gasteiger partial charge in [0.25, 0.3) is 0 Å². The fourth-order valence-corrected chi connectivity index (χ4v) is 4.44. The molecule has 4 heterocycles. The lowest BCUT2D eigenvalue weighted by atomic mass is 10.1. The molecule has 24 heavy (non-hydrogen) atoms. The molecule has 1 saturated heterocycles. The van der Waals surface area contributed by atoms with Crippen molar-refractivity contribution < 1.29 is 9.32 Å². The van der Waals surface area contributed by atoms with E-state index in [1.807, 2.05) is 21.7 Å². The van der Waals surface area contributed by atoms with Gasteiger partial charge in [0.05, 0.1) is 6.04 Å². The third kappa shape index (κ3) is 3.14. The molecule has 1 aliphatic rings. The zero-order valence-corrected chi connectivity index (χ0v) is 14.7. The minimum absolute atomic E-state index is 0.166. The molecule has 0 aromatic carbocycles. The molecule has 1 atom stereocenters. The van der Waals surface area contributed by atoms with Gasteiger partial charge in [-0.2, -0.15) is 27.7 Å². The summed E-state index contributed by atoms with van der Waals surface area (Å²) in [7, 11) is 0. The molecule has 124 valence electrons. The summed E-state index contributed by atoms with van der Waals surface area (Å²) in [5, 5.41) is 12.2. The third-order valence-electron chi connectivity index (χ3n) is 4.30.